The molecule has 5 heteroatoms. The normalized spacial score (nSPS) is 10.2. The number of aromatic amines is 1. The average Bonchev–Trinajstić information content (AvgIpc) is 2.01. The summed E-state index contributed by atoms with van der Waals surface area (Å²) in [6, 6.07) is 0. The second-order valence-corrected chi connectivity index (χ2v) is 3.14. The Labute approximate surface area is 78.1 Å². The van der Waals surface area contributed by atoms with Crippen LogP contribution in [0, 0.1) is 6.92 Å². The maximum absolute atomic E-state index is 11.1. The molecule has 0 radical (unpaired) electrons. The zero-order valence-electron chi connectivity index (χ0n) is 6.85. The Bertz CT molecular complexity index is 335. The lowest BCUT2D eigenvalue weighted by Crippen LogP contribution is -2.14. The van der Waals surface area contributed by atoms with E-state index in [2.05, 4.69) is 25.9 Å². The van der Waals surface area contributed by atoms with E-state index in [9.17, 15) is 4.79 Å². The molecule has 0 bridgehead atoms. The van der Waals surface area contributed by atoms with Crippen LogP contribution in [-0.2, 0) is 11.3 Å². The van der Waals surface area contributed by atoms with Crippen LogP contribution in [0.2, 0.25) is 0 Å². The highest BCUT2D eigenvalue weighted by Gasteiger charge is 2.03. The minimum absolute atomic E-state index is 0.172. The summed E-state index contributed by atoms with van der Waals surface area (Å²) < 4.78 is 5.30. The van der Waals surface area contributed by atoms with Crippen molar-refractivity contribution in [3.8, 4) is 0 Å². The van der Waals surface area contributed by atoms with Crippen molar-refractivity contribution < 1.29 is 4.74 Å². The minimum atomic E-state index is -0.172. The zero-order chi connectivity index (χ0) is 9.14. The Balaban J connectivity index is 3.13. The first kappa shape index (κ1) is 9.41. The molecule has 1 aromatic heterocycles. The van der Waals surface area contributed by atoms with Gasteiger partial charge >= 0.3 is 0 Å². The number of nitrogens with one attached hydrogen (secondary N) is 1. The number of hydrogen-bond donors (Lipinski definition) is 1. The SMILES string of the molecule is COCc1nc(C)c(Br)c(=O)[nH]1. The van der Waals surface area contributed by atoms with Gasteiger partial charge in [0.05, 0.1) is 5.69 Å². The molecule has 0 saturated carbocycles. The van der Waals surface area contributed by atoms with E-state index < -0.39 is 0 Å². The third-order valence-corrected chi connectivity index (χ3v) is 2.29. The fourth-order valence-corrected chi connectivity index (χ4v) is 1.02. The van der Waals surface area contributed by atoms with E-state index in [1.54, 1.807) is 14.0 Å². The van der Waals surface area contributed by atoms with Gasteiger partial charge in [-0.1, -0.05) is 0 Å². The van der Waals surface area contributed by atoms with Crippen molar-refractivity contribution in [2.45, 2.75) is 13.5 Å². The second kappa shape index (κ2) is 3.82. The molecular weight excluding hydrogens is 224 g/mol. The first-order valence-electron chi connectivity index (χ1n) is 3.39. The molecule has 0 unspecified atom stereocenters. The molecule has 0 aliphatic carbocycles. The van der Waals surface area contributed by atoms with Gasteiger partial charge in [0.2, 0.25) is 0 Å². The third kappa shape index (κ3) is 1.92. The molecule has 1 heterocycles. The predicted octanol–water partition coefficient (Wildman–Crippen LogP) is 0.987. The summed E-state index contributed by atoms with van der Waals surface area (Å²) in [5.74, 6) is 0.545. The van der Waals surface area contributed by atoms with Crippen molar-refractivity contribution in [1.29, 1.82) is 0 Å². The molecule has 0 fully saturated rings. The lowest BCUT2D eigenvalue weighted by molar-refractivity contribution is 0.177. The van der Waals surface area contributed by atoms with E-state index in [1.165, 1.54) is 0 Å². The molecule has 66 valence electrons. The second-order valence-electron chi connectivity index (χ2n) is 2.35. The number of aromatic nitrogens is 2. The van der Waals surface area contributed by atoms with Crippen molar-refractivity contribution in [3.05, 3.63) is 26.3 Å². The van der Waals surface area contributed by atoms with E-state index in [4.69, 9.17) is 4.74 Å². The molecule has 12 heavy (non-hydrogen) atoms. The summed E-state index contributed by atoms with van der Waals surface area (Å²) in [5.41, 5.74) is 0.500. The summed E-state index contributed by atoms with van der Waals surface area (Å²) in [7, 11) is 1.55. The van der Waals surface area contributed by atoms with Gasteiger partial charge in [-0.2, -0.15) is 0 Å². The molecule has 4 nitrogen and oxygen atoms in total. The predicted molar refractivity (Wildman–Crippen MR) is 48.0 cm³/mol. The molecule has 0 aromatic carbocycles. The molecule has 0 spiro atoms. The summed E-state index contributed by atoms with van der Waals surface area (Å²) in [6.45, 7) is 2.09. The monoisotopic (exact) mass is 232 g/mol. The highest BCUT2D eigenvalue weighted by atomic mass is 79.9. The van der Waals surface area contributed by atoms with Crippen LogP contribution in [0.3, 0.4) is 0 Å². The topological polar surface area (TPSA) is 55.0 Å². The maximum Gasteiger partial charge on any atom is 0.265 e. The Morgan fingerprint density at radius 1 is 1.67 bits per heavy atom. The first-order valence-corrected chi connectivity index (χ1v) is 4.18. The lowest BCUT2D eigenvalue weighted by atomic mass is 10.4. The zero-order valence-corrected chi connectivity index (χ0v) is 8.43. The molecule has 1 N–H and O–H groups in total. The Morgan fingerprint density at radius 2 is 2.33 bits per heavy atom. The lowest BCUT2D eigenvalue weighted by Gasteiger charge is -2.00. The standard InChI is InChI=1S/C7H9BrN2O2/c1-4-6(8)7(11)10-5(9-4)3-12-2/h3H2,1-2H3,(H,9,10,11). The summed E-state index contributed by atoms with van der Waals surface area (Å²) in [5, 5.41) is 0. The quantitative estimate of drug-likeness (QED) is 0.828. The van der Waals surface area contributed by atoms with Gasteiger partial charge in [-0.25, -0.2) is 4.98 Å². The van der Waals surface area contributed by atoms with E-state index in [0.717, 1.165) is 0 Å². The summed E-state index contributed by atoms with van der Waals surface area (Å²) >= 11 is 3.12. The van der Waals surface area contributed by atoms with Crippen LogP contribution in [0.15, 0.2) is 9.27 Å². The first-order chi connectivity index (χ1) is 5.65. The van der Waals surface area contributed by atoms with Crippen molar-refractivity contribution in [3.63, 3.8) is 0 Å². The number of halogens is 1. The Hall–Kier alpha value is -0.680. The Morgan fingerprint density at radius 3 is 2.83 bits per heavy atom. The van der Waals surface area contributed by atoms with Gasteiger partial charge < -0.3 is 9.72 Å². The molecule has 0 amide bonds. The number of methoxy groups -OCH3 is 1. The largest absolute Gasteiger partial charge is 0.377 e. The van der Waals surface area contributed by atoms with Crippen LogP contribution in [0.4, 0.5) is 0 Å². The van der Waals surface area contributed by atoms with Crippen LogP contribution in [0.5, 0.6) is 0 Å². The molecule has 0 aliphatic rings. The van der Waals surface area contributed by atoms with Gasteiger partial charge in [-0.05, 0) is 22.9 Å². The van der Waals surface area contributed by atoms with Crippen LogP contribution >= 0.6 is 15.9 Å². The molecular formula is C7H9BrN2O2. The molecule has 1 aromatic rings. The van der Waals surface area contributed by atoms with Crippen molar-refractivity contribution >= 4 is 15.9 Å². The van der Waals surface area contributed by atoms with Crippen molar-refractivity contribution in [1.82, 2.24) is 9.97 Å². The van der Waals surface area contributed by atoms with Crippen molar-refractivity contribution in [2.24, 2.45) is 0 Å². The number of nitrogens with zero attached hydrogens (tertiary/aromatic N) is 1. The van der Waals surface area contributed by atoms with E-state index in [1.807, 2.05) is 0 Å². The van der Waals surface area contributed by atoms with E-state index >= 15 is 0 Å². The van der Waals surface area contributed by atoms with Crippen LogP contribution in [0.25, 0.3) is 0 Å². The van der Waals surface area contributed by atoms with Gasteiger partial charge in [0.1, 0.15) is 16.9 Å². The average molecular weight is 233 g/mol. The van der Waals surface area contributed by atoms with Crippen LogP contribution < -0.4 is 5.56 Å². The number of aryl methyl sites for hydroxylation is 1. The van der Waals surface area contributed by atoms with E-state index in [0.29, 0.717) is 22.6 Å². The number of ether oxygens (including phenoxy) is 1. The highest BCUT2D eigenvalue weighted by molar-refractivity contribution is 9.10. The minimum Gasteiger partial charge on any atom is -0.377 e. The van der Waals surface area contributed by atoms with Crippen molar-refractivity contribution in [2.75, 3.05) is 7.11 Å². The number of rotatable bonds is 2. The fourth-order valence-electron chi connectivity index (χ4n) is 0.835. The van der Waals surface area contributed by atoms with Crippen LogP contribution in [0.1, 0.15) is 11.5 Å². The van der Waals surface area contributed by atoms with E-state index in [-0.39, 0.29) is 5.56 Å². The Kier molecular flexibility index (Phi) is 2.99. The fraction of sp³-hybridized carbons (Fsp3) is 0.429. The molecule has 0 atom stereocenters. The van der Waals surface area contributed by atoms with Gasteiger partial charge in [0.25, 0.3) is 5.56 Å². The number of H-pyrrole nitrogens is 1. The van der Waals surface area contributed by atoms with Gasteiger partial charge in [-0.3, -0.25) is 4.79 Å². The summed E-state index contributed by atoms with van der Waals surface area (Å²) in [6.07, 6.45) is 0. The molecule has 0 aliphatic heterocycles. The highest BCUT2D eigenvalue weighted by Crippen LogP contribution is 2.06. The third-order valence-electron chi connectivity index (χ3n) is 1.36. The number of hydrogen-bond acceptors (Lipinski definition) is 3. The van der Waals surface area contributed by atoms with Crippen LogP contribution in [-0.4, -0.2) is 17.1 Å². The molecule has 1 rings (SSSR count). The van der Waals surface area contributed by atoms with Gasteiger partial charge in [0.15, 0.2) is 0 Å². The van der Waals surface area contributed by atoms with Gasteiger partial charge in [0, 0.05) is 7.11 Å². The smallest absolute Gasteiger partial charge is 0.265 e. The van der Waals surface area contributed by atoms with Gasteiger partial charge in [-0.15, -0.1) is 0 Å². The summed E-state index contributed by atoms with van der Waals surface area (Å²) in [4.78, 5) is 17.8. The maximum atomic E-state index is 11.1. The molecule has 0 saturated heterocycles.